The molecule has 1 aliphatic heterocycles. The van der Waals surface area contributed by atoms with Crippen LogP contribution in [0.4, 0.5) is 14.9 Å². The largest absolute Gasteiger partial charge is 0.441 e. The van der Waals surface area contributed by atoms with Gasteiger partial charge in [0.1, 0.15) is 18.5 Å². The van der Waals surface area contributed by atoms with Crippen molar-refractivity contribution in [1.29, 1.82) is 0 Å². The second kappa shape index (κ2) is 5.37. The predicted octanol–water partition coefficient (Wildman–Crippen LogP) is 1.44. The number of anilines is 1. The number of carbonyl (C=O) groups is 1. The Balaban J connectivity index is 2.07. The standard InChI is InChI=1S/C12H14FNO5S/c1-8-3-4-9(5-11(8)13)14-6-10(19-12(14)15)7-18-20(2,16)17/h3-5,10H,6-7H2,1-2H3/t10-/m0/s1. The normalized spacial score (nSPS) is 19.2. The number of benzene rings is 1. The van der Waals surface area contributed by atoms with Crippen LogP contribution < -0.4 is 4.90 Å². The van der Waals surface area contributed by atoms with Crippen molar-refractivity contribution in [3.63, 3.8) is 0 Å². The Hall–Kier alpha value is -1.67. The number of hydrogen-bond acceptors (Lipinski definition) is 5. The Bertz CT molecular complexity index is 631. The van der Waals surface area contributed by atoms with Crippen molar-refractivity contribution in [3.05, 3.63) is 29.6 Å². The van der Waals surface area contributed by atoms with Crippen LogP contribution in [0.5, 0.6) is 0 Å². The van der Waals surface area contributed by atoms with E-state index in [2.05, 4.69) is 4.18 Å². The van der Waals surface area contributed by atoms with Gasteiger partial charge in [-0.3, -0.25) is 9.08 Å². The lowest BCUT2D eigenvalue weighted by atomic mass is 10.2. The molecule has 20 heavy (non-hydrogen) atoms. The highest BCUT2D eigenvalue weighted by Crippen LogP contribution is 2.23. The number of hydrogen-bond donors (Lipinski definition) is 0. The van der Waals surface area contributed by atoms with Crippen LogP contribution in [-0.4, -0.2) is 40.0 Å². The van der Waals surface area contributed by atoms with Gasteiger partial charge in [-0.2, -0.15) is 8.42 Å². The van der Waals surface area contributed by atoms with Crippen LogP contribution in [0.1, 0.15) is 5.56 Å². The van der Waals surface area contributed by atoms with Crippen LogP contribution in [-0.2, 0) is 19.0 Å². The number of cyclic esters (lactones) is 1. The summed E-state index contributed by atoms with van der Waals surface area (Å²) in [6.45, 7) is 1.47. The number of rotatable bonds is 4. The molecule has 1 aliphatic rings. The fourth-order valence-corrected chi connectivity index (χ4v) is 2.17. The molecular formula is C12H14FNO5S. The highest BCUT2D eigenvalue weighted by Gasteiger charge is 2.33. The van der Waals surface area contributed by atoms with Crippen molar-refractivity contribution >= 4 is 21.9 Å². The molecule has 0 saturated carbocycles. The van der Waals surface area contributed by atoms with Crippen molar-refractivity contribution in [1.82, 2.24) is 0 Å². The van der Waals surface area contributed by atoms with Crippen LogP contribution in [0.3, 0.4) is 0 Å². The van der Waals surface area contributed by atoms with E-state index >= 15 is 0 Å². The number of halogens is 1. The quantitative estimate of drug-likeness (QED) is 0.787. The van der Waals surface area contributed by atoms with Gasteiger partial charge in [0.05, 0.1) is 18.5 Å². The number of ether oxygens (including phenoxy) is 1. The van der Waals surface area contributed by atoms with Gasteiger partial charge in [0.25, 0.3) is 10.1 Å². The van der Waals surface area contributed by atoms with Gasteiger partial charge in [0.2, 0.25) is 0 Å². The zero-order valence-corrected chi connectivity index (χ0v) is 11.8. The average Bonchev–Trinajstić information content (AvgIpc) is 2.71. The summed E-state index contributed by atoms with van der Waals surface area (Å²) in [6, 6.07) is 4.38. The van der Waals surface area contributed by atoms with E-state index < -0.39 is 28.1 Å². The van der Waals surface area contributed by atoms with E-state index in [1.165, 1.54) is 11.0 Å². The second-order valence-corrected chi connectivity index (χ2v) is 6.18. The first-order valence-corrected chi connectivity index (χ1v) is 7.66. The van der Waals surface area contributed by atoms with Crippen LogP contribution in [0, 0.1) is 12.7 Å². The third-order valence-electron chi connectivity index (χ3n) is 2.81. The lowest BCUT2D eigenvalue weighted by molar-refractivity contribution is 0.107. The highest BCUT2D eigenvalue weighted by atomic mass is 32.2. The van der Waals surface area contributed by atoms with E-state index in [0.717, 1.165) is 6.26 Å². The summed E-state index contributed by atoms with van der Waals surface area (Å²) in [5, 5.41) is 0. The molecule has 8 heteroatoms. The van der Waals surface area contributed by atoms with Crippen LogP contribution in [0.2, 0.25) is 0 Å². The van der Waals surface area contributed by atoms with E-state index in [1.54, 1.807) is 19.1 Å². The molecule has 1 amide bonds. The van der Waals surface area contributed by atoms with Gasteiger partial charge in [-0.1, -0.05) is 6.07 Å². The third-order valence-corrected chi connectivity index (χ3v) is 3.37. The third kappa shape index (κ3) is 3.45. The Labute approximate surface area is 116 Å². The molecule has 1 aromatic carbocycles. The molecular weight excluding hydrogens is 289 g/mol. The van der Waals surface area contributed by atoms with Gasteiger partial charge in [0.15, 0.2) is 0 Å². The van der Waals surface area contributed by atoms with Crippen LogP contribution in [0.25, 0.3) is 0 Å². The topological polar surface area (TPSA) is 72.9 Å². The summed E-state index contributed by atoms with van der Waals surface area (Å²) < 4.78 is 44.8. The zero-order chi connectivity index (χ0) is 14.9. The number of amides is 1. The average molecular weight is 303 g/mol. The van der Waals surface area contributed by atoms with Crippen molar-refractivity contribution in [2.75, 3.05) is 24.3 Å². The minimum Gasteiger partial charge on any atom is -0.441 e. The molecule has 1 saturated heterocycles. The smallest absolute Gasteiger partial charge is 0.414 e. The summed E-state index contributed by atoms with van der Waals surface area (Å²) in [4.78, 5) is 12.9. The molecule has 0 unspecified atom stereocenters. The molecule has 1 heterocycles. The molecule has 0 bridgehead atoms. The molecule has 0 spiro atoms. The second-order valence-electron chi connectivity index (χ2n) is 4.54. The fraction of sp³-hybridized carbons (Fsp3) is 0.417. The minimum atomic E-state index is -3.59. The molecule has 2 rings (SSSR count). The number of nitrogens with zero attached hydrogens (tertiary/aromatic N) is 1. The molecule has 0 aliphatic carbocycles. The maximum atomic E-state index is 13.5. The Morgan fingerprint density at radius 3 is 2.80 bits per heavy atom. The van der Waals surface area contributed by atoms with Crippen molar-refractivity contribution in [2.24, 2.45) is 0 Å². The lowest BCUT2D eigenvalue weighted by Crippen LogP contribution is -2.26. The molecule has 0 aromatic heterocycles. The monoisotopic (exact) mass is 303 g/mol. The van der Waals surface area contributed by atoms with Crippen LogP contribution >= 0.6 is 0 Å². The van der Waals surface area contributed by atoms with E-state index in [0.29, 0.717) is 11.3 Å². The van der Waals surface area contributed by atoms with Crippen LogP contribution in [0.15, 0.2) is 18.2 Å². The molecule has 6 nitrogen and oxygen atoms in total. The van der Waals surface area contributed by atoms with E-state index in [-0.39, 0.29) is 13.2 Å². The fourth-order valence-electron chi connectivity index (χ4n) is 1.77. The van der Waals surface area contributed by atoms with Gasteiger partial charge < -0.3 is 4.74 Å². The highest BCUT2D eigenvalue weighted by molar-refractivity contribution is 7.85. The van der Waals surface area contributed by atoms with Gasteiger partial charge in [-0.05, 0) is 24.6 Å². The molecule has 1 atom stereocenters. The van der Waals surface area contributed by atoms with Crippen molar-refractivity contribution in [3.8, 4) is 0 Å². The molecule has 1 fully saturated rings. The summed E-state index contributed by atoms with van der Waals surface area (Å²) in [5.74, 6) is -0.425. The molecule has 0 N–H and O–H groups in total. The first kappa shape index (κ1) is 14.7. The summed E-state index contributed by atoms with van der Waals surface area (Å²) in [6.07, 6.45) is -0.450. The van der Waals surface area contributed by atoms with Crippen molar-refractivity contribution in [2.45, 2.75) is 13.0 Å². The first-order valence-electron chi connectivity index (χ1n) is 5.85. The zero-order valence-electron chi connectivity index (χ0n) is 11.0. The lowest BCUT2D eigenvalue weighted by Gasteiger charge is -2.13. The number of aryl methyl sites for hydroxylation is 1. The van der Waals surface area contributed by atoms with Crippen molar-refractivity contribution < 1.29 is 26.5 Å². The molecule has 110 valence electrons. The Morgan fingerprint density at radius 2 is 2.20 bits per heavy atom. The van der Waals surface area contributed by atoms with E-state index in [9.17, 15) is 17.6 Å². The summed E-state index contributed by atoms with van der Waals surface area (Å²) in [7, 11) is -3.59. The van der Waals surface area contributed by atoms with E-state index in [4.69, 9.17) is 4.74 Å². The number of carbonyl (C=O) groups excluding carboxylic acids is 1. The van der Waals surface area contributed by atoms with Gasteiger partial charge in [-0.15, -0.1) is 0 Å². The van der Waals surface area contributed by atoms with Gasteiger partial charge >= 0.3 is 6.09 Å². The first-order chi connectivity index (χ1) is 9.26. The summed E-state index contributed by atoms with van der Waals surface area (Å²) >= 11 is 0. The van der Waals surface area contributed by atoms with Gasteiger partial charge in [-0.25, -0.2) is 9.18 Å². The molecule has 0 radical (unpaired) electrons. The maximum absolute atomic E-state index is 13.5. The minimum absolute atomic E-state index is 0.108. The van der Waals surface area contributed by atoms with E-state index in [1.807, 2.05) is 0 Å². The Morgan fingerprint density at radius 1 is 1.50 bits per heavy atom. The van der Waals surface area contributed by atoms with Gasteiger partial charge in [0, 0.05) is 0 Å². The predicted molar refractivity (Wildman–Crippen MR) is 69.5 cm³/mol. The summed E-state index contributed by atoms with van der Waals surface area (Å²) in [5.41, 5.74) is 0.832. The molecule has 1 aromatic rings. The Kier molecular flexibility index (Phi) is 3.96. The SMILES string of the molecule is Cc1ccc(N2C[C@@H](COS(C)(=O)=O)OC2=O)cc1F. The maximum Gasteiger partial charge on any atom is 0.414 e.